The van der Waals surface area contributed by atoms with Crippen LogP contribution in [-0.4, -0.2) is 68.1 Å². The molecule has 2 amide bonds. The fourth-order valence-electron chi connectivity index (χ4n) is 3.92. The van der Waals surface area contributed by atoms with Crippen LogP contribution in [0.15, 0.2) is 48.2 Å². The Hall–Kier alpha value is -3.30. The molecule has 2 aliphatic heterocycles. The highest BCUT2D eigenvalue weighted by Crippen LogP contribution is 2.31. The highest BCUT2D eigenvalue weighted by atomic mass is 19.2. The number of carbonyl (C=O) groups is 2. The molecule has 1 fully saturated rings. The van der Waals surface area contributed by atoms with Gasteiger partial charge in [-0.25, -0.2) is 8.78 Å². The molecule has 0 atom stereocenters. The van der Waals surface area contributed by atoms with Gasteiger partial charge in [0.1, 0.15) is 11.4 Å². The maximum absolute atomic E-state index is 13.7. The molecule has 2 heterocycles. The summed E-state index contributed by atoms with van der Waals surface area (Å²) < 4.78 is 37.6. The van der Waals surface area contributed by atoms with E-state index in [1.54, 1.807) is 24.3 Å². The second-order valence-electron chi connectivity index (χ2n) is 7.80. The zero-order chi connectivity index (χ0) is 23.4. The van der Waals surface area contributed by atoms with Gasteiger partial charge in [-0.05, 0) is 36.2 Å². The van der Waals surface area contributed by atoms with Gasteiger partial charge in [-0.2, -0.15) is 0 Å². The Labute approximate surface area is 190 Å². The Morgan fingerprint density at radius 3 is 2.36 bits per heavy atom. The minimum Gasteiger partial charge on any atom is -0.497 e. The molecule has 0 unspecified atom stereocenters. The third kappa shape index (κ3) is 5.04. The average Bonchev–Trinajstić information content (AvgIpc) is 3.06. The van der Waals surface area contributed by atoms with Gasteiger partial charge >= 0.3 is 0 Å². The predicted octanol–water partition coefficient (Wildman–Crippen LogP) is 2.89. The molecule has 2 aromatic carbocycles. The van der Waals surface area contributed by atoms with Crippen molar-refractivity contribution in [1.82, 2.24) is 9.80 Å². The Bertz CT molecular complexity index is 1070. The molecule has 33 heavy (non-hydrogen) atoms. The summed E-state index contributed by atoms with van der Waals surface area (Å²) in [6.45, 7) is 3.97. The quantitative estimate of drug-likeness (QED) is 0.615. The van der Waals surface area contributed by atoms with E-state index < -0.39 is 23.4 Å². The van der Waals surface area contributed by atoms with Crippen LogP contribution in [0.25, 0.3) is 5.57 Å². The SMILES string of the molecule is COc1ccc(C2=C(Nc3ccc(F)c(F)c3)C(=O)N(CCCN3CCOCC3)C2=O)cc1. The van der Waals surface area contributed by atoms with Gasteiger partial charge in [0.2, 0.25) is 0 Å². The van der Waals surface area contributed by atoms with Crippen LogP contribution in [0, 0.1) is 11.6 Å². The minimum atomic E-state index is -1.05. The minimum absolute atomic E-state index is 0.0301. The lowest BCUT2D eigenvalue weighted by Crippen LogP contribution is -2.39. The van der Waals surface area contributed by atoms with Gasteiger partial charge in [-0.3, -0.25) is 19.4 Å². The van der Waals surface area contributed by atoms with Gasteiger partial charge in [0.25, 0.3) is 11.8 Å². The second kappa shape index (κ2) is 10.1. The van der Waals surface area contributed by atoms with Crippen LogP contribution in [0.3, 0.4) is 0 Å². The van der Waals surface area contributed by atoms with Crippen molar-refractivity contribution in [3.05, 3.63) is 65.4 Å². The predicted molar refractivity (Wildman–Crippen MR) is 118 cm³/mol. The summed E-state index contributed by atoms with van der Waals surface area (Å²) in [5, 5.41) is 2.84. The van der Waals surface area contributed by atoms with E-state index in [2.05, 4.69) is 10.2 Å². The number of rotatable bonds is 8. The Balaban J connectivity index is 1.58. The van der Waals surface area contributed by atoms with Crippen molar-refractivity contribution in [2.45, 2.75) is 6.42 Å². The Morgan fingerprint density at radius 1 is 0.970 bits per heavy atom. The maximum atomic E-state index is 13.7. The number of nitrogens with one attached hydrogen (secondary N) is 1. The molecule has 7 nitrogen and oxygen atoms in total. The van der Waals surface area contributed by atoms with E-state index in [1.165, 1.54) is 18.1 Å². The van der Waals surface area contributed by atoms with Crippen molar-refractivity contribution in [3.8, 4) is 5.75 Å². The van der Waals surface area contributed by atoms with E-state index in [4.69, 9.17) is 9.47 Å². The largest absolute Gasteiger partial charge is 0.497 e. The van der Waals surface area contributed by atoms with Crippen LogP contribution >= 0.6 is 0 Å². The highest BCUT2D eigenvalue weighted by Gasteiger charge is 2.39. The van der Waals surface area contributed by atoms with E-state index in [9.17, 15) is 18.4 Å². The first-order chi connectivity index (χ1) is 16.0. The topological polar surface area (TPSA) is 71.1 Å². The summed E-state index contributed by atoms with van der Waals surface area (Å²) in [5.74, 6) is -2.38. The zero-order valence-electron chi connectivity index (χ0n) is 18.3. The van der Waals surface area contributed by atoms with Crippen LogP contribution in [-0.2, 0) is 14.3 Å². The smallest absolute Gasteiger partial charge is 0.278 e. The maximum Gasteiger partial charge on any atom is 0.278 e. The number of carbonyl (C=O) groups excluding carboxylic acids is 2. The van der Waals surface area contributed by atoms with Crippen molar-refractivity contribution in [1.29, 1.82) is 0 Å². The molecule has 0 radical (unpaired) electrons. The van der Waals surface area contributed by atoms with Gasteiger partial charge in [-0.1, -0.05) is 12.1 Å². The molecule has 0 spiro atoms. The third-order valence-corrected chi connectivity index (χ3v) is 5.70. The molecule has 1 saturated heterocycles. The summed E-state index contributed by atoms with van der Waals surface area (Å²) in [6, 6.07) is 9.98. The first-order valence-corrected chi connectivity index (χ1v) is 10.7. The van der Waals surface area contributed by atoms with Gasteiger partial charge < -0.3 is 14.8 Å². The summed E-state index contributed by atoms with van der Waals surface area (Å²) in [5.41, 5.74) is 0.905. The number of ether oxygens (including phenoxy) is 2. The lowest BCUT2D eigenvalue weighted by molar-refractivity contribution is -0.136. The molecular formula is C24H25F2N3O4. The average molecular weight is 457 g/mol. The van der Waals surface area contributed by atoms with E-state index >= 15 is 0 Å². The van der Waals surface area contributed by atoms with Crippen LogP contribution in [0.1, 0.15) is 12.0 Å². The fraction of sp³-hybridized carbons (Fsp3) is 0.333. The standard InChI is InChI=1S/C24H25F2N3O4/c1-32-18-6-3-16(4-7-18)21-22(27-17-5-8-19(25)20(26)15-17)24(31)29(23(21)30)10-2-9-28-11-13-33-14-12-28/h3-8,15,27H,2,9-14H2,1H3. The molecule has 0 aromatic heterocycles. The van der Waals surface area contributed by atoms with Crippen molar-refractivity contribution in [2.24, 2.45) is 0 Å². The summed E-state index contributed by atoms with van der Waals surface area (Å²) in [7, 11) is 1.53. The van der Waals surface area contributed by atoms with Crippen LogP contribution in [0.5, 0.6) is 5.75 Å². The molecule has 0 bridgehead atoms. The fourth-order valence-corrected chi connectivity index (χ4v) is 3.92. The monoisotopic (exact) mass is 457 g/mol. The molecular weight excluding hydrogens is 432 g/mol. The number of benzene rings is 2. The second-order valence-corrected chi connectivity index (χ2v) is 7.80. The number of amides is 2. The van der Waals surface area contributed by atoms with Crippen LogP contribution in [0.4, 0.5) is 14.5 Å². The molecule has 9 heteroatoms. The Morgan fingerprint density at radius 2 is 1.70 bits per heavy atom. The summed E-state index contributed by atoms with van der Waals surface area (Å²) >= 11 is 0. The molecule has 2 aromatic rings. The number of nitrogens with zero attached hydrogens (tertiary/aromatic N) is 2. The number of morpholine rings is 1. The summed E-state index contributed by atoms with van der Waals surface area (Å²) in [4.78, 5) is 29.9. The van der Waals surface area contributed by atoms with Crippen molar-refractivity contribution in [3.63, 3.8) is 0 Å². The Kier molecular flexibility index (Phi) is 7.00. The van der Waals surface area contributed by atoms with Gasteiger partial charge in [0, 0.05) is 37.9 Å². The molecule has 1 N–H and O–H groups in total. The number of hydrogen-bond acceptors (Lipinski definition) is 6. The summed E-state index contributed by atoms with van der Waals surface area (Å²) in [6.07, 6.45) is 0.617. The lowest BCUT2D eigenvalue weighted by atomic mass is 10.0. The normalized spacial score (nSPS) is 17.1. The van der Waals surface area contributed by atoms with Gasteiger partial charge in [-0.15, -0.1) is 0 Å². The van der Waals surface area contributed by atoms with Crippen molar-refractivity contribution < 1.29 is 27.8 Å². The molecule has 174 valence electrons. The highest BCUT2D eigenvalue weighted by molar-refractivity contribution is 6.36. The van der Waals surface area contributed by atoms with E-state index in [1.807, 2.05) is 0 Å². The number of methoxy groups -OCH3 is 1. The lowest BCUT2D eigenvalue weighted by Gasteiger charge is -2.27. The van der Waals surface area contributed by atoms with E-state index in [-0.39, 0.29) is 23.5 Å². The number of anilines is 1. The van der Waals surface area contributed by atoms with Crippen molar-refractivity contribution >= 4 is 23.1 Å². The molecule has 0 aliphatic carbocycles. The molecule has 0 saturated carbocycles. The number of hydrogen-bond donors (Lipinski definition) is 1. The first-order valence-electron chi connectivity index (χ1n) is 10.7. The molecule has 2 aliphatic rings. The van der Waals surface area contributed by atoms with Crippen LogP contribution < -0.4 is 10.1 Å². The van der Waals surface area contributed by atoms with Gasteiger partial charge in [0.05, 0.1) is 25.9 Å². The zero-order valence-corrected chi connectivity index (χ0v) is 18.3. The number of halogens is 2. The van der Waals surface area contributed by atoms with E-state index in [0.29, 0.717) is 30.9 Å². The van der Waals surface area contributed by atoms with Gasteiger partial charge in [0.15, 0.2) is 11.6 Å². The van der Waals surface area contributed by atoms with Crippen molar-refractivity contribution in [2.75, 3.05) is 51.8 Å². The van der Waals surface area contributed by atoms with Crippen LogP contribution in [0.2, 0.25) is 0 Å². The first kappa shape index (κ1) is 22.9. The van der Waals surface area contributed by atoms with E-state index in [0.717, 1.165) is 31.8 Å². The molecule has 4 rings (SSSR count). The number of imide groups is 1. The third-order valence-electron chi connectivity index (χ3n) is 5.70.